The quantitative estimate of drug-likeness (QED) is 0.736. The van der Waals surface area contributed by atoms with Crippen molar-refractivity contribution in [3.05, 3.63) is 20.8 Å². The van der Waals surface area contributed by atoms with Crippen LogP contribution in [0, 0.1) is 0 Å². The maximum absolute atomic E-state index is 5.37. The van der Waals surface area contributed by atoms with Crippen LogP contribution in [-0.4, -0.2) is 4.99 Å². The molecule has 0 amide bonds. The lowest BCUT2D eigenvalue weighted by atomic mass is 10.5. The SMILES string of the molecule is NC(=S)c1sccc1Br. The van der Waals surface area contributed by atoms with Crippen molar-refractivity contribution in [3.8, 4) is 0 Å². The van der Waals surface area contributed by atoms with E-state index in [0.717, 1.165) is 9.35 Å². The highest BCUT2D eigenvalue weighted by Crippen LogP contribution is 2.21. The predicted octanol–water partition coefficient (Wildman–Crippen LogP) is 2.14. The number of halogens is 1. The summed E-state index contributed by atoms with van der Waals surface area (Å²) < 4.78 is 0.986. The molecule has 0 spiro atoms. The molecule has 1 rings (SSSR count). The molecular weight excluding hydrogens is 218 g/mol. The minimum atomic E-state index is 0.455. The van der Waals surface area contributed by atoms with Crippen molar-refractivity contribution in [2.24, 2.45) is 5.73 Å². The fourth-order valence-electron chi connectivity index (χ4n) is 0.470. The van der Waals surface area contributed by atoms with E-state index >= 15 is 0 Å². The van der Waals surface area contributed by atoms with Crippen LogP contribution in [0.1, 0.15) is 4.88 Å². The monoisotopic (exact) mass is 221 g/mol. The zero-order valence-corrected chi connectivity index (χ0v) is 7.65. The van der Waals surface area contributed by atoms with Crippen molar-refractivity contribution in [2.45, 2.75) is 0 Å². The molecule has 0 aliphatic rings. The molecule has 0 saturated heterocycles. The molecule has 1 nitrogen and oxygen atoms in total. The van der Waals surface area contributed by atoms with Gasteiger partial charge in [-0.15, -0.1) is 11.3 Å². The van der Waals surface area contributed by atoms with Gasteiger partial charge in [0.25, 0.3) is 0 Å². The minimum absolute atomic E-state index is 0.455. The van der Waals surface area contributed by atoms with Gasteiger partial charge in [-0.3, -0.25) is 0 Å². The highest BCUT2D eigenvalue weighted by Gasteiger charge is 2.01. The fraction of sp³-hybridized carbons (Fsp3) is 0. The molecule has 2 N–H and O–H groups in total. The normalized spacial score (nSPS) is 9.44. The Morgan fingerprint density at radius 1 is 1.78 bits per heavy atom. The Bertz CT molecular complexity index is 231. The van der Waals surface area contributed by atoms with Gasteiger partial charge in [0, 0.05) is 4.47 Å². The van der Waals surface area contributed by atoms with Gasteiger partial charge < -0.3 is 5.73 Å². The molecule has 0 saturated carbocycles. The van der Waals surface area contributed by atoms with Gasteiger partial charge in [0.05, 0.1) is 4.88 Å². The number of hydrogen-bond donors (Lipinski definition) is 1. The van der Waals surface area contributed by atoms with Crippen LogP contribution >= 0.6 is 39.5 Å². The Morgan fingerprint density at radius 3 is 2.67 bits per heavy atom. The van der Waals surface area contributed by atoms with Gasteiger partial charge in [0.1, 0.15) is 4.99 Å². The average molecular weight is 222 g/mol. The van der Waals surface area contributed by atoms with Crippen molar-refractivity contribution >= 4 is 44.5 Å². The molecule has 1 aromatic heterocycles. The molecule has 9 heavy (non-hydrogen) atoms. The van der Waals surface area contributed by atoms with E-state index in [1.165, 1.54) is 0 Å². The van der Waals surface area contributed by atoms with E-state index in [0.29, 0.717) is 4.99 Å². The Morgan fingerprint density at radius 2 is 2.44 bits per heavy atom. The van der Waals surface area contributed by atoms with Crippen LogP contribution < -0.4 is 5.73 Å². The van der Waals surface area contributed by atoms with E-state index in [4.69, 9.17) is 18.0 Å². The second-order valence-corrected chi connectivity index (χ2v) is 3.67. The predicted molar refractivity (Wildman–Crippen MR) is 47.9 cm³/mol. The Hall–Kier alpha value is 0.0700. The second-order valence-electron chi connectivity index (χ2n) is 1.46. The Kier molecular flexibility index (Phi) is 2.21. The van der Waals surface area contributed by atoms with Crippen LogP contribution in [0.4, 0.5) is 0 Å². The summed E-state index contributed by atoms with van der Waals surface area (Å²) in [4.78, 5) is 1.40. The first-order valence-corrected chi connectivity index (χ1v) is 4.32. The molecule has 0 aliphatic carbocycles. The zero-order valence-electron chi connectivity index (χ0n) is 4.43. The molecule has 0 aliphatic heterocycles. The average Bonchev–Trinajstić information content (AvgIpc) is 2.13. The van der Waals surface area contributed by atoms with Crippen molar-refractivity contribution in [1.82, 2.24) is 0 Å². The van der Waals surface area contributed by atoms with Gasteiger partial charge in [0.15, 0.2) is 0 Å². The summed E-state index contributed by atoms with van der Waals surface area (Å²) in [6.45, 7) is 0. The maximum Gasteiger partial charge on any atom is 0.115 e. The van der Waals surface area contributed by atoms with Gasteiger partial charge >= 0.3 is 0 Å². The lowest BCUT2D eigenvalue weighted by Crippen LogP contribution is -2.07. The van der Waals surface area contributed by atoms with Crippen molar-refractivity contribution in [3.63, 3.8) is 0 Å². The van der Waals surface area contributed by atoms with E-state index in [2.05, 4.69) is 15.9 Å². The van der Waals surface area contributed by atoms with E-state index < -0.39 is 0 Å². The number of thiophene rings is 1. The van der Waals surface area contributed by atoms with E-state index in [1.54, 1.807) is 11.3 Å². The molecule has 4 heteroatoms. The van der Waals surface area contributed by atoms with E-state index in [-0.39, 0.29) is 0 Å². The lowest BCUT2D eigenvalue weighted by Gasteiger charge is -1.89. The van der Waals surface area contributed by atoms with Crippen molar-refractivity contribution in [2.75, 3.05) is 0 Å². The van der Waals surface area contributed by atoms with Crippen LogP contribution in [0.15, 0.2) is 15.9 Å². The maximum atomic E-state index is 5.37. The van der Waals surface area contributed by atoms with Crippen molar-refractivity contribution < 1.29 is 0 Å². The van der Waals surface area contributed by atoms with Crippen LogP contribution in [0.3, 0.4) is 0 Å². The molecule has 48 valence electrons. The summed E-state index contributed by atoms with van der Waals surface area (Å²) >= 11 is 9.62. The van der Waals surface area contributed by atoms with Gasteiger partial charge in [-0.2, -0.15) is 0 Å². The summed E-state index contributed by atoms with van der Waals surface area (Å²) in [6, 6.07) is 1.93. The third-order valence-electron chi connectivity index (χ3n) is 0.841. The van der Waals surface area contributed by atoms with Gasteiger partial charge in [-0.05, 0) is 27.4 Å². The molecule has 0 fully saturated rings. The molecular formula is C5H4BrNS2. The summed E-state index contributed by atoms with van der Waals surface area (Å²) in [5, 5.41) is 1.94. The van der Waals surface area contributed by atoms with Crippen LogP contribution in [0.2, 0.25) is 0 Å². The molecule has 1 aromatic rings. The van der Waals surface area contributed by atoms with Crippen LogP contribution in [0.5, 0.6) is 0 Å². The largest absolute Gasteiger partial charge is 0.389 e. The van der Waals surface area contributed by atoms with Gasteiger partial charge in [0.2, 0.25) is 0 Å². The van der Waals surface area contributed by atoms with Crippen LogP contribution in [-0.2, 0) is 0 Å². The molecule has 1 heterocycles. The Labute approximate surface area is 71.0 Å². The first-order chi connectivity index (χ1) is 4.22. The standard InChI is InChI=1S/C5H4BrNS2/c6-3-1-2-9-4(3)5(7)8/h1-2H,(H2,7,8). The minimum Gasteiger partial charge on any atom is -0.389 e. The summed E-state index contributed by atoms with van der Waals surface area (Å²) in [5.74, 6) is 0. The summed E-state index contributed by atoms with van der Waals surface area (Å²) in [5.41, 5.74) is 5.37. The third kappa shape index (κ3) is 1.50. The van der Waals surface area contributed by atoms with Gasteiger partial charge in [-0.25, -0.2) is 0 Å². The molecule has 0 unspecified atom stereocenters. The summed E-state index contributed by atoms with van der Waals surface area (Å²) in [7, 11) is 0. The molecule has 0 bridgehead atoms. The number of nitrogens with two attached hydrogens (primary N) is 1. The Balaban J connectivity index is 3.08. The van der Waals surface area contributed by atoms with E-state index in [1.807, 2.05) is 11.4 Å². The molecule has 0 radical (unpaired) electrons. The van der Waals surface area contributed by atoms with Crippen LogP contribution in [0.25, 0.3) is 0 Å². The smallest absolute Gasteiger partial charge is 0.115 e. The van der Waals surface area contributed by atoms with Gasteiger partial charge in [-0.1, -0.05) is 12.2 Å². The second kappa shape index (κ2) is 2.77. The van der Waals surface area contributed by atoms with Crippen molar-refractivity contribution in [1.29, 1.82) is 0 Å². The molecule has 0 atom stereocenters. The first-order valence-electron chi connectivity index (χ1n) is 2.24. The lowest BCUT2D eigenvalue weighted by molar-refractivity contribution is 1.74. The third-order valence-corrected chi connectivity index (χ3v) is 3.05. The van der Waals surface area contributed by atoms with E-state index in [9.17, 15) is 0 Å². The first kappa shape index (κ1) is 7.18. The highest BCUT2D eigenvalue weighted by atomic mass is 79.9. The summed E-state index contributed by atoms with van der Waals surface area (Å²) in [6.07, 6.45) is 0. The zero-order chi connectivity index (χ0) is 6.85. The number of rotatable bonds is 1. The number of thiocarbonyl (C=S) groups is 1. The molecule has 0 aromatic carbocycles. The fourth-order valence-corrected chi connectivity index (χ4v) is 2.29. The topological polar surface area (TPSA) is 26.0 Å². The highest BCUT2D eigenvalue weighted by molar-refractivity contribution is 9.10. The number of hydrogen-bond acceptors (Lipinski definition) is 2.